The Morgan fingerprint density at radius 1 is 1.11 bits per heavy atom. The van der Waals surface area contributed by atoms with Crippen LogP contribution in [0.3, 0.4) is 0 Å². The minimum Gasteiger partial charge on any atom is -0.491 e. The molecule has 1 aromatic carbocycles. The van der Waals surface area contributed by atoms with Crippen molar-refractivity contribution in [2.75, 3.05) is 26.2 Å². The number of carbonyl (C=O) groups excluding carboxylic acids is 1. The highest BCUT2D eigenvalue weighted by molar-refractivity contribution is 5.86. The molecule has 2 aliphatic heterocycles. The van der Waals surface area contributed by atoms with Gasteiger partial charge in [0, 0.05) is 32.2 Å². The van der Waals surface area contributed by atoms with E-state index in [4.69, 9.17) is 9.47 Å². The lowest BCUT2D eigenvalue weighted by Gasteiger charge is -2.43. The topological polar surface area (TPSA) is 42.0 Å². The Morgan fingerprint density at radius 2 is 1.85 bits per heavy atom. The maximum absolute atomic E-state index is 13.3. The van der Waals surface area contributed by atoms with Crippen molar-refractivity contribution in [1.82, 2.24) is 9.80 Å². The number of amides is 1. The van der Waals surface area contributed by atoms with Crippen molar-refractivity contribution < 1.29 is 14.3 Å². The molecule has 0 saturated carbocycles. The molecule has 2 aliphatic rings. The van der Waals surface area contributed by atoms with Crippen LogP contribution in [0.5, 0.6) is 5.75 Å². The fourth-order valence-electron chi connectivity index (χ4n) is 4.13. The van der Waals surface area contributed by atoms with Crippen LogP contribution in [0, 0.1) is 0 Å². The van der Waals surface area contributed by atoms with Gasteiger partial charge in [0.1, 0.15) is 5.75 Å². The Kier molecular flexibility index (Phi) is 6.43. The molecule has 150 valence electrons. The predicted octanol–water partition coefficient (Wildman–Crippen LogP) is 3.47. The lowest BCUT2D eigenvalue weighted by atomic mass is 9.93. The van der Waals surface area contributed by atoms with Gasteiger partial charge in [-0.15, -0.1) is 0 Å². The van der Waals surface area contributed by atoms with Gasteiger partial charge in [-0.25, -0.2) is 0 Å². The van der Waals surface area contributed by atoms with E-state index in [1.807, 2.05) is 30.9 Å². The second-order valence-electron chi connectivity index (χ2n) is 8.41. The molecule has 2 heterocycles. The lowest BCUT2D eigenvalue weighted by Crippen LogP contribution is -2.60. The highest BCUT2D eigenvalue weighted by atomic mass is 16.5. The smallest absolute Gasteiger partial charge is 0.256 e. The molecule has 0 aliphatic carbocycles. The number of benzene rings is 1. The summed E-state index contributed by atoms with van der Waals surface area (Å²) < 4.78 is 11.9. The van der Waals surface area contributed by atoms with Crippen molar-refractivity contribution >= 4 is 5.91 Å². The molecule has 1 amide bonds. The summed E-state index contributed by atoms with van der Waals surface area (Å²) in [6.07, 6.45) is 3.11. The van der Waals surface area contributed by atoms with Crippen LogP contribution in [0.25, 0.3) is 0 Å². The van der Waals surface area contributed by atoms with Crippen LogP contribution in [0.4, 0.5) is 0 Å². The SMILES string of the molecule is CC(C)Oc1ccc(CN2CCOC3(CCCCN(C(C)C)C3=O)C2)cc1. The Bertz CT molecular complexity index is 629. The zero-order chi connectivity index (χ0) is 19.4. The molecule has 27 heavy (non-hydrogen) atoms. The van der Waals surface area contributed by atoms with Gasteiger partial charge in [-0.1, -0.05) is 12.1 Å². The molecule has 1 unspecified atom stereocenters. The van der Waals surface area contributed by atoms with Gasteiger partial charge in [0.25, 0.3) is 5.91 Å². The molecule has 0 N–H and O–H groups in total. The van der Waals surface area contributed by atoms with E-state index in [9.17, 15) is 4.79 Å². The van der Waals surface area contributed by atoms with E-state index < -0.39 is 5.60 Å². The first-order valence-electron chi connectivity index (χ1n) is 10.3. The second-order valence-corrected chi connectivity index (χ2v) is 8.41. The van der Waals surface area contributed by atoms with Gasteiger partial charge in [-0.2, -0.15) is 0 Å². The van der Waals surface area contributed by atoms with Gasteiger partial charge in [-0.05, 0) is 64.7 Å². The van der Waals surface area contributed by atoms with E-state index in [2.05, 4.69) is 30.9 Å². The molecule has 1 spiro atoms. The van der Waals surface area contributed by atoms with Crippen LogP contribution in [0.2, 0.25) is 0 Å². The predicted molar refractivity (Wildman–Crippen MR) is 107 cm³/mol. The molecule has 5 nitrogen and oxygen atoms in total. The van der Waals surface area contributed by atoms with Crippen LogP contribution in [0.1, 0.15) is 52.5 Å². The highest BCUT2D eigenvalue weighted by Gasteiger charge is 2.47. The van der Waals surface area contributed by atoms with Gasteiger partial charge < -0.3 is 14.4 Å². The van der Waals surface area contributed by atoms with Crippen molar-refractivity contribution in [3.8, 4) is 5.75 Å². The number of hydrogen-bond acceptors (Lipinski definition) is 4. The zero-order valence-corrected chi connectivity index (χ0v) is 17.2. The van der Waals surface area contributed by atoms with Gasteiger partial charge >= 0.3 is 0 Å². The van der Waals surface area contributed by atoms with E-state index in [0.717, 1.165) is 44.6 Å². The van der Waals surface area contributed by atoms with Crippen molar-refractivity contribution in [3.63, 3.8) is 0 Å². The monoisotopic (exact) mass is 374 g/mol. The lowest BCUT2D eigenvalue weighted by molar-refractivity contribution is -0.172. The normalized spacial score (nSPS) is 24.7. The van der Waals surface area contributed by atoms with Crippen molar-refractivity contribution in [3.05, 3.63) is 29.8 Å². The maximum atomic E-state index is 13.3. The summed E-state index contributed by atoms with van der Waals surface area (Å²) in [5, 5.41) is 0. The first-order valence-corrected chi connectivity index (χ1v) is 10.3. The van der Waals surface area contributed by atoms with Crippen LogP contribution < -0.4 is 4.74 Å². The van der Waals surface area contributed by atoms with Crippen molar-refractivity contribution in [2.45, 2.75) is 71.2 Å². The number of carbonyl (C=O) groups is 1. The highest BCUT2D eigenvalue weighted by Crippen LogP contribution is 2.31. The third kappa shape index (κ3) is 4.82. The van der Waals surface area contributed by atoms with E-state index in [1.165, 1.54) is 5.56 Å². The van der Waals surface area contributed by atoms with E-state index in [1.54, 1.807) is 0 Å². The molecule has 2 saturated heterocycles. The fraction of sp³-hybridized carbons (Fsp3) is 0.682. The van der Waals surface area contributed by atoms with Gasteiger partial charge in [0.2, 0.25) is 0 Å². The third-order valence-electron chi connectivity index (χ3n) is 5.47. The van der Waals surface area contributed by atoms with Gasteiger partial charge in [0.05, 0.1) is 12.7 Å². The molecule has 0 aromatic heterocycles. The number of ether oxygens (including phenoxy) is 2. The second kappa shape index (κ2) is 8.61. The quantitative estimate of drug-likeness (QED) is 0.791. The fourth-order valence-corrected chi connectivity index (χ4v) is 4.13. The molecule has 1 aromatic rings. The molecular formula is C22H34N2O3. The summed E-state index contributed by atoms with van der Waals surface area (Å²) in [6, 6.07) is 8.52. The first kappa shape index (κ1) is 20.2. The van der Waals surface area contributed by atoms with Crippen LogP contribution in [-0.4, -0.2) is 59.7 Å². The van der Waals surface area contributed by atoms with E-state index in [-0.39, 0.29) is 18.1 Å². The molecule has 0 bridgehead atoms. The van der Waals surface area contributed by atoms with Crippen LogP contribution >= 0.6 is 0 Å². The van der Waals surface area contributed by atoms with E-state index in [0.29, 0.717) is 13.2 Å². The largest absolute Gasteiger partial charge is 0.491 e. The minimum atomic E-state index is -0.667. The maximum Gasteiger partial charge on any atom is 0.256 e. The standard InChI is InChI=1S/C22H34N2O3/c1-17(2)24-12-6-5-11-22(21(24)25)16-23(13-14-26-22)15-19-7-9-20(10-8-19)27-18(3)4/h7-10,17-18H,5-6,11-16H2,1-4H3. The van der Waals surface area contributed by atoms with Crippen molar-refractivity contribution in [1.29, 1.82) is 0 Å². The van der Waals surface area contributed by atoms with Crippen molar-refractivity contribution in [2.24, 2.45) is 0 Å². The summed E-state index contributed by atoms with van der Waals surface area (Å²) in [6.45, 7) is 12.1. The Hall–Kier alpha value is -1.59. The summed E-state index contributed by atoms with van der Waals surface area (Å²) >= 11 is 0. The zero-order valence-electron chi connectivity index (χ0n) is 17.2. The summed E-state index contributed by atoms with van der Waals surface area (Å²) in [5.74, 6) is 1.08. The van der Waals surface area contributed by atoms with Gasteiger partial charge in [0.15, 0.2) is 5.60 Å². The molecule has 2 fully saturated rings. The number of nitrogens with zero attached hydrogens (tertiary/aromatic N) is 2. The minimum absolute atomic E-state index is 0.181. The summed E-state index contributed by atoms with van der Waals surface area (Å²) in [5.41, 5.74) is 0.574. The van der Waals surface area contributed by atoms with E-state index >= 15 is 0 Å². The number of likely N-dealkylation sites (tertiary alicyclic amines) is 1. The van der Waals surface area contributed by atoms with Crippen LogP contribution in [-0.2, 0) is 16.1 Å². The number of morpholine rings is 1. The Morgan fingerprint density at radius 3 is 2.52 bits per heavy atom. The molecule has 3 rings (SSSR count). The Labute approximate surface area is 163 Å². The Balaban J connectivity index is 1.68. The summed E-state index contributed by atoms with van der Waals surface area (Å²) in [7, 11) is 0. The average Bonchev–Trinajstić information content (AvgIpc) is 2.76. The molecular weight excluding hydrogens is 340 g/mol. The van der Waals surface area contributed by atoms with Crippen LogP contribution in [0.15, 0.2) is 24.3 Å². The molecule has 1 atom stereocenters. The number of rotatable bonds is 5. The number of hydrogen-bond donors (Lipinski definition) is 0. The third-order valence-corrected chi connectivity index (χ3v) is 5.47. The summed E-state index contributed by atoms with van der Waals surface area (Å²) in [4.78, 5) is 17.6. The molecule has 5 heteroatoms. The van der Waals surface area contributed by atoms with Gasteiger partial charge in [-0.3, -0.25) is 9.69 Å². The first-order chi connectivity index (χ1) is 12.9. The average molecular weight is 375 g/mol. The molecule has 0 radical (unpaired) electrons.